The molecule has 4 heteroatoms. The molecule has 16 heavy (non-hydrogen) atoms. The van der Waals surface area contributed by atoms with Gasteiger partial charge in [-0.05, 0) is 38.2 Å². The fourth-order valence-electron chi connectivity index (χ4n) is 1.58. The Morgan fingerprint density at radius 1 is 1.38 bits per heavy atom. The number of carbonyl (C=O) groups excluding carboxylic acids is 1. The van der Waals surface area contributed by atoms with Crippen molar-refractivity contribution in [3.05, 3.63) is 29.1 Å². The van der Waals surface area contributed by atoms with Gasteiger partial charge in [0, 0.05) is 18.5 Å². The van der Waals surface area contributed by atoms with E-state index in [-0.39, 0.29) is 11.6 Å². The van der Waals surface area contributed by atoms with Crippen molar-refractivity contribution in [3.63, 3.8) is 0 Å². The molecule has 1 rings (SSSR count). The molecular formula is C12H16FNO2. The normalized spacial score (nSPS) is 10.8. The molecule has 0 atom stereocenters. The van der Waals surface area contributed by atoms with Gasteiger partial charge in [-0.1, -0.05) is 0 Å². The number of phenolic OH excluding ortho intramolecular Hbond substituents is 1. The molecule has 0 spiro atoms. The Kier molecular flexibility index (Phi) is 4.43. The molecule has 1 N–H and O–H groups in total. The molecule has 88 valence electrons. The summed E-state index contributed by atoms with van der Waals surface area (Å²) in [6, 6.07) is 2.59. The van der Waals surface area contributed by atoms with E-state index in [0.29, 0.717) is 30.5 Å². The maximum atomic E-state index is 13.3. The van der Waals surface area contributed by atoms with Crippen LogP contribution in [0.2, 0.25) is 0 Å². The highest BCUT2D eigenvalue weighted by atomic mass is 19.1. The predicted molar refractivity (Wildman–Crippen MR) is 59.8 cm³/mol. The Bertz CT molecular complexity index is 378. The Morgan fingerprint density at radius 2 is 2.00 bits per heavy atom. The third-order valence-corrected chi connectivity index (χ3v) is 2.25. The minimum Gasteiger partial charge on any atom is -0.507 e. The lowest BCUT2D eigenvalue weighted by Gasteiger charge is -2.13. The van der Waals surface area contributed by atoms with Crippen LogP contribution in [0.25, 0.3) is 0 Å². The lowest BCUT2D eigenvalue weighted by molar-refractivity contribution is -0.107. The summed E-state index contributed by atoms with van der Waals surface area (Å²) in [4.78, 5) is 12.1. The van der Waals surface area contributed by atoms with Gasteiger partial charge in [-0.2, -0.15) is 0 Å². The largest absolute Gasteiger partial charge is 0.507 e. The lowest BCUT2D eigenvalue weighted by atomic mass is 10.0. The third kappa shape index (κ3) is 3.31. The number of aryl methyl sites for hydroxylation is 1. The minimum absolute atomic E-state index is 0.0944. The average molecular weight is 225 g/mol. The zero-order valence-electron chi connectivity index (χ0n) is 9.53. The van der Waals surface area contributed by atoms with Crippen LogP contribution in [0.4, 0.5) is 4.39 Å². The molecule has 0 amide bonds. The second-order valence-electron chi connectivity index (χ2n) is 4.02. The third-order valence-electron chi connectivity index (χ3n) is 2.25. The predicted octanol–water partition coefficient (Wildman–Crippen LogP) is 1.72. The first-order valence-electron chi connectivity index (χ1n) is 5.13. The van der Waals surface area contributed by atoms with E-state index >= 15 is 0 Å². The summed E-state index contributed by atoms with van der Waals surface area (Å²) < 4.78 is 13.3. The standard InChI is InChI=1S/C12H16FNO2/c1-14(2)8-10-7-11(13)6-9(12(10)16)4-3-5-15/h5-7,16H,3-4,8H2,1-2H3. The molecule has 0 saturated carbocycles. The second kappa shape index (κ2) is 5.61. The maximum absolute atomic E-state index is 13.3. The summed E-state index contributed by atoms with van der Waals surface area (Å²) in [5, 5.41) is 9.88. The zero-order chi connectivity index (χ0) is 12.1. The van der Waals surface area contributed by atoms with E-state index in [0.717, 1.165) is 6.29 Å². The van der Waals surface area contributed by atoms with Gasteiger partial charge >= 0.3 is 0 Å². The molecule has 0 saturated heterocycles. The number of rotatable bonds is 5. The van der Waals surface area contributed by atoms with Crippen LogP contribution >= 0.6 is 0 Å². The van der Waals surface area contributed by atoms with Gasteiger partial charge in [0.05, 0.1) is 0 Å². The molecule has 0 aromatic heterocycles. The van der Waals surface area contributed by atoms with Crippen LogP contribution in [-0.4, -0.2) is 30.4 Å². The molecule has 0 aliphatic heterocycles. The van der Waals surface area contributed by atoms with E-state index < -0.39 is 0 Å². The number of phenols is 1. The van der Waals surface area contributed by atoms with Gasteiger partial charge in [-0.15, -0.1) is 0 Å². The zero-order valence-corrected chi connectivity index (χ0v) is 9.53. The van der Waals surface area contributed by atoms with Gasteiger partial charge in [0.25, 0.3) is 0 Å². The molecule has 0 radical (unpaired) electrons. The van der Waals surface area contributed by atoms with E-state index in [1.54, 1.807) is 0 Å². The summed E-state index contributed by atoms with van der Waals surface area (Å²) >= 11 is 0. The van der Waals surface area contributed by atoms with Crippen molar-refractivity contribution < 1.29 is 14.3 Å². The van der Waals surface area contributed by atoms with Gasteiger partial charge in [-0.3, -0.25) is 0 Å². The van der Waals surface area contributed by atoms with E-state index in [1.807, 2.05) is 19.0 Å². The highest BCUT2D eigenvalue weighted by Gasteiger charge is 2.10. The van der Waals surface area contributed by atoms with Crippen LogP contribution in [0, 0.1) is 5.82 Å². The van der Waals surface area contributed by atoms with Crippen molar-refractivity contribution in [2.45, 2.75) is 19.4 Å². The van der Waals surface area contributed by atoms with Gasteiger partial charge in [-0.25, -0.2) is 4.39 Å². The van der Waals surface area contributed by atoms with Crippen molar-refractivity contribution in [1.82, 2.24) is 4.90 Å². The van der Waals surface area contributed by atoms with Crippen LogP contribution in [0.15, 0.2) is 12.1 Å². The van der Waals surface area contributed by atoms with Crippen LogP contribution in [0.3, 0.4) is 0 Å². The van der Waals surface area contributed by atoms with Gasteiger partial charge in [0.2, 0.25) is 0 Å². The fourth-order valence-corrected chi connectivity index (χ4v) is 1.58. The molecule has 0 unspecified atom stereocenters. The molecule has 0 heterocycles. The molecule has 0 aliphatic rings. The maximum Gasteiger partial charge on any atom is 0.124 e. The number of nitrogens with zero attached hydrogens (tertiary/aromatic N) is 1. The highest BCUT2D eigenvalue weighted by Crippen LogP contribution is 2.26. The Labute approximate surface area is 94.5 Å². The molecule has 0 fully saturated rings. The van der Waals surface area contributed by atoms with Crippen LogP contribution in [-0.2, 0) is 17.8 Å². The number of aldehydes is 1. The summed E-state index contributed by atoms with van der Waals surface area (Å²) in [6.07, 6.45) is 1.42. The molecule has 3 nitrogen and oxygen atoms in total. The second-order valence-corrected chi connectivity index (χ2v) is 4.02. The Balaban J connectivity index is 3.00. The summed E-state index contributed by atoms with van der Waals surface area (Å²) in [6.45, 7) is 0.470. The quantitative estimate of drug-likeness (QED) is 0.776. The van der Waals surface area contributed by atoms with Crippen molar-refractivity contribution in [2.24, 2.45) is 0 Å². The summed E-state index contributed by atoms with van der Waals surface area (Å²) in [7, 11) is 3.69. The monoisotopic (exact) mass is 225 g/mol. The van der Waals surface area contributed by atoms with E-state index in [2.05, 4.69) is 0 Å². The lowest BCUT2D eigenvalue weighted by Crippen LogP contribution is -2.11. The van der Waals surface area contributed by atoms with Crippen molar-refractivity contribution in [3.8, 4) is 5.75 Å². The average Bonchev–Trinajstić information content (AvgIpc) is 2.20. The van der Waals surface area contributed by atoms with Crippen molar-refractivity contribution >= 4 is 6.29 Å². The number of hydrogen-bond acceptors (Lipinski definition) is 3. The first kappa shape index (κ1) is 12.6. The highest BCUT2D eigenvalue weighted by molar-refractivity contribution is 5.51. The van der Waals surface area contributed by atoms with E-state index in [1.165, 1.54) is 12.1 Å². The first-order valence-corrected chi connectivity index (χ1v) is 5.13. The van der Waals surface area contributed by atoms with Crippen LogP contribution in [0.5, 0.6) is 5.75 Å². The number of hydrogen-bond donors (Lipinski definition) is 1. The van der Waals surface area contributed by atoms with E-state index in [9.17, 15) is 14.3 Å². The molecular weight excluding hydrogens is 209 g/mol. The number of halogens is 1. The smallest absolute Gasteiger partial charge is 0.124 e. The number of aromatic hydroxyl groups is 1. The molecule has 1 aromatic rings. The first-order chi connectivity index (χ1) is 7.54. The fraction of sp³-hybridized carbons (Fsp3) is 0.417. The van der Waals surface area contributed by atoms with Gasteiger partial charge in [0.15, 0.2) is 0 Å². The molecule has 0 bridgehead atoms. The van der Waals surface area contributed by atoms with Crippen LogP contribution in [0.1, 0.15) is 17.5 Å². The number of benzene rings is 1. The SMILES string of the molecule is CN(C)Cc1cc(F)cc(CCC=O)c1O. The molecule has 1 aromatic carbocycles. The minimum atomic E-state index is -0.379. The van der Waals surface area contributed by atoms with E-state index in [4.69, 9.17) is 0 Å². The topological polar surface area (TPSA) is 40.5 Å². The Morgan fingerprint density at radius 3 is 2.56 bits per heavy atom. The van der Waals surface area contributed by atoms with Gasteiger partial charge < -0.3 is 14.8 Å². The summed E-state index contributed by atoms with van der Waals surface area (Å²) in [5.41, 5.74) is 1.04. The Hall–Kier alpha value is -1.42. The summed E-state index contributed by atoms with van der Waals surface area (Å²) in [5.74, 6) is -0.285. The number of carbonyl (C=O) groups is 1. The van der Waals surface area contributed by atoms with Crippen molar-refractivity contribution in [1.29, 1.82) is 0 Å². The van der Waals surface area contributed by atoms with Crippen molar-refractivity contribution in [2.75, 3.05) is 14.1 Å². The van der Waals surface area contributed by atoms with Crippen LogP contribution < -0.4 is 0 Å². The van der Waals surface area contributed by atoms with Gasteiger partial charge in [0.1, 0.15) is 17.9 Å². The molecule has 0 aliphatic carbocycles.